The van der Waals surface area contributed by atoms with Crippen LogP contribution in [0.4, 0.5) is 0 Å². The Morgan fingerprint density at radius 1 is 0.667 bits per heavy atom. The first kappa shape index (κ1) is 19.1. The van der Waals surface area contributed by atoms with E-state index in [0.29, 0.717) is 5.38 Å². The van der Waals surface area contributed by atoms with Crippen LogP contribution in [0.25, 0.3) is 0 Å². The van der Waals surface area contributed by atoms with E-state index in [0.717, 1.165) is 29.6 Å². The molecule has 0 spiro atoms. The molecule has 3 aliphatic carbocycles. The van der Waals surface area contributed by atoms with Crippen LogP contribution in [-0.4, -0.2) is 5.38 Å². The van der Waals surface area contributed by atoms with E-state index in [4.69, 9.17) is 11.6 Å². The van der Waals surface area contributed by atoms with Crippen LogP contribution in [0.15, 0.2) is 0 Å². The third kappa shape index (κ3) is 5.15. The third-order valence-corrected chi connectivity index (χ3v) is 8.20. The van der Waals surface area contributed by atoms with E-state index < -0.39 is 0 Å². The van der Waals surface area contributed by atoms with Crippen molar-refractivity contribution in [2.24, 2.45) is 29.6 Å². The van der Waals surface area contributed by atoms with Crippen molar-refractivity contribution in [3.05, 3.63) is 0 Å². The zero-order chi connectivity index (χ0) is 16.8. The lowest BCUT2D eigenvalue weighted by atomic mass is 9.56. The lowest BCUT2D eigenvalue weighted by Gasteiger charge is -2.50. The standard InChI is InChI=1S/C23H41Cl/c1-2-3-4-5-6-7-8-9-18-10-14-22-19(16-18)11-12-20-17-21(24)13-15-23(20)22/h18-23H,2-17H2,1H3/t18-,19?,20?,21-,22?,23?/m1/s1. The van der Waals surface area contributed by atoms with Crippen LogP contribution in [-0.2, 0) is 0 Å². The average molecular weight is 353 g/mol. The van der Waals surface area contributed by atoms with Crippen molar-refractivity contribution in [1.29, 1.82) is 0 Å². The predicted octanol–water partition coefficient (Wildman–Crippen LogP) is 7.98. The minimum absolute atomic E-state index is 0.497. The Balaban J connectivity index is 1.34. The number of rotatable bonds is 8. The Morgan fingerprint density at radius 3 is 2.04 bits per heavy atom. The molecular weight excluding hydrogens is 312 g/mol. The number of alkyl halides is 1. The Hall–Kier alpha value is 0.290. The summed E-state index contributed by atoms with van der Waals surface area (Å²) in [6.07, 6.45) is 23.6. The van der Waals surface area contributed by atoms with E-state index in [1.807, 2.05) is 0 Å². The highest BCUT2D eigenvalue weighted by molar-refractivity contribution is 6.20. The molecule has 0 N–H and O–H groups in total. The molecule has 0 amide bonds. The fourth-order valence-corrected chi connectivity index (χ4v) is 6.84. The SMILES string of the molecule is CCCCCCCCC[C@@H]1CCC2C(CCC3C[C@H](Cl)CCC32)C1. The van der Waals surface area contributed by atoms with E-state index in [1.54, 1.807) is 19.3 Å². The molecule has 4 unspecified atom stereocenters. The number of fused-ring (bicyclic) bond motifs is 3. The highest BCUT2D eigenvalue weighted by atomic mass is 35.5. The molecule has 0 aromatic heterocycles. The maximum atomic E-state index is 6.45. The summed E-state index contributed by atoms with van der Waals surface area (Å²) in [6.45, 7) is 2.31. The molecule has 1 heteroatoms. The summed E-state index contributed by atoms with van der Waals surface area (Å²) in [4.78, 5) is 0. The van der Waals surface area contributed by atoms with Crippen molar-refractivity contribution in [3.8, 4) is 0 Å². The number of unbranched alkanes of at least 4 members (excludes halogenated alkanes) is 6. The molecule has 0 radical (unpaired) electrons. The highest BCUT2D eigenvalue weighted by Gasteiger charge is 2.44. The smallest absolute Gasteiger partial charge is 0.0338 e. The summed E-state index contributed by atoms with van der Waals surface area (Å²) < 4.78 is 0. The van der Waals surface area contributed by atoms with Crippen LogP contribution in [0, 0.1) is 29.6 Å². The lowest BCUT2D eigenvalue weighted by Crippen LogP contribution is -2.41. The van der Waals surface area contributed by atoms with Gasteiger partial charge in [0.25, 0.3) is 0 Å². The van der Waals surface area contributed by atoms with Gasteiger partial charge in [0, 0.05) is 5.38 Å². The predicted molar refractivity (Wildman–Crippen MR) is 107 cm³/mol. The third-order valence-electron chi connectivity index (χ3n) is 7.80. The van der Waals surface area contributed by atoms with Crippen molar-refractivity contribution in [1.82, 2.24) is 0 Å². The molecule has 0 aromatic rings. The van der Waals surface area contributed by atoms with Crippen molar-refractivity contribution in [3.63, 3.8) is 0 Å². The number of hydrogen-bond donors (Lipinski definition) is 0. The Bertz CT molecular complexity index is 352. The summed E-state index contributed by atoms with van der Waals surface area (Å²) in [7, 11) is 0. The van der Waals surface area contributed by atoms with Gasteiger partial charge in [-0.05, 0) is 74.5 Å². The van der Waals surface area contributed by atoms with Crippen LogP contribution in [0.5, 0.6) is 0 Å². The van der Waals surface area contributed by atoms with E-state index in [2.05, 4.69) is 6.92 Å². The van der Waals surface area contributed by atoms with Crippen molar-refractivity contribution in [2.75, 3.05) is 0 Å². The molecule has 0 nitrogen and oxygen atoms in total. The Morgan fingerprint density at radius 2 is 1.29 bits per heavy atom. The maximum Gasteiger partial charge on any atom is 0.0338 e. The maximum absolute atomic E-state index is 6.45. The lowest BCUT2D eigenvalue weighted by molar-refractivity contribution is 0.0110. The van der Waals surface area contributed by atoms with E-state index in [9.17, 15) is 0 Å². The first-order chi connectivity index (χ1) is 11.8. The van der Waals surface area contributed by atoms with Gasteiger partial charge in [-0.1, -0.05) is 64.7 Å². The van der Waals surface area contributed by atoms with Crippen molar-refractivity contribution >= 4 is 11.6 Å². The second-order valence-corrected chi connectivity index (χ2v) is 10.0. The van der Waals surface area contributed by atoms with Gasteiger partial charge in [0.2, 0.25) is 0 Å². The molecule has 0 heterocycles. The van der Waals surface area contributed by atoms with Crippen LogP contribution in [0.3, 0.4) is 0 Å². The average Bonchev–Trinajstić information content (AvgIpc) is 2.60. The molecule has 140 valence electrons. The molecule has 6 atom stereocenters. The summed E-state index contributed by atoms with van der Waals surface area (Å²) in [5.74, 6) is 5.28. The van der Waals surface area contributed by atoms with E-state index in [-0.39, 0.29) is 0 Å². The first-order valence-corrected chi connectivity index (χ1v) is 11.9. The quantitative estimate of drug-likeness (QED) is 0.307. The van der Waals surface area contributed by atoms with Crippen LogP contribution in [0.2, 0.25) is 0 Å². The van der Waals surface area contributed by atoms with Gasteiger partial charge in [0.05, 0.1) is 0 Å². The summed E-state index contributed by atoms with van der Waals surface area (Å²) >= 11 is 6.45. The second-order valence-electron chi connectivity index (χ2n) is 9.42. The minimum Gasteiger partial charge on any atom is -0.123 e. The normalized spacial score (nSPS) is 39.2. The fourth-order valence-electron chi connectivity index (χ4n) is 6.49. The molecule has 24 heavy (non-hydrogen) atoms. The highest BCUT2D eigenvalue weighted by Crippen LogP contribution is 2.53. The van der Waals surface area contributed by atoms with Gasteiger partial charge in [-0.2, -0.15) is 0 Å². The van der Waals surface area contributed by atoms with Gasteiger partial charge in [-0.25, -0.2) is 0 Å². The molecule has 0 bridgehead atoms. The number of hydrogen-bond acceptors (Lipinski definition) is 0. The minimum atomic E-state index is 0.497. The topological polar surface area (TPSA) is 0 Å². The molecule has 3 saturated carbocycles. The van der Waals surface area contributed by atoms with E-state index >= 15 is 0 Å². The summed E-state index contributed by atoms with van der Waals surface area (Å²) in [5, 5.41) is 0.497. The monoisotopic (exact) mass is 352 g/mol. The van der Waals surface area contributed by atoms with E-state index in [1.165, 1.54) is 83.5 Å². The van der Waals surface area contributed by atoms with Gasteiger partial charge in [0.1, 0.15) is 0 Å². The first-order valence-electron chi connectivity index (χ1n) is 11.4. The largest absolute Gasteiger partial charge is 0.123 e. The van der Waals surface area contributed by atoms with Crippen LogP contribution in [0.1, 0.15) is 110 Å². The molecule has 3 rings (SSSR count). The van der Waals surface area contributed by atoms with Gasteiger partial charge in [-0.15, -0.1) is 11.6 Å². The molecular formula is C23H41Cl. The molecule has 3 aliphatic rings. The molecule has 0 aliphatic heterocycles. The molecule has 3 fully saturated rings. The van der Waals surface area contributed by atoms with Gasteiger partial charge in [-0.3, -0.25) is 0 Å². The van der Waals surface area contributed by atoms with Crippen LogP contribution >= 0.6 is 11.6 Å². The van der Waals surface area contributed by atoms with Gasteiger partial charge in [0.15, 0.2) is 0 Å². The van der Waals surface area contributed by atoms with Crippen molar-refractivity contribution < 1.29 is 0 Å². The van der Waals surface area contributed by atoms with Gasteiger partial charge >= 0.3 is 0 Å². The zero-order valence-corrected chi connectivity index (χ0v) is 16.9. The second kappa shape index (κ2) is 9.84. The zero-order valence-electron chi connectivity index (χ0n) is 16.2. The van der Waals surface area contributed by atoms with Crippen molar-refractivity contribution in [2.45, 2.75) is 115 Å². The Labute approximate surface area is 156 Å². The van der Waals surface area contributed by atoms with Gasteiger partial charge < -0.3 is 0 Å². The molecule has 0 saturated heterocycles. The Kier molecular flexibility index (Phi) is 7.82. The fraction of sp³-hybridized carbons (Fsp3) is 1.00. The summed E-state index contributed by atoms with van der Waals surface area (Å²) in [5.41, 5.74) is 0. The molecule has 0 aromatic carbocycles. The summed E-state index contributed by atoms with van der Waals surface area (Å²) in [6, 6.07) is 0. The number of halogens is 1. The van der Waals surface area contributed by atoms with Crippen LogP contribution < -0.4 is 0 Å².